The lowest BCUT2D eigenvalue weighted by Crippen LogP contribution is -2.09. The summed E-state index contributed by atoms with van der Waals surface area (Å²) in [4.78, 5) is 32.6. The van der Waals surface area contributed by atoms with E-state index in [-0.39, 0.29) is 48.1 Å². The molecule has 0 radical (unpaired) electrons. The molecule has 6 rings (SSSR count). The molecule has 16 heteroatoms. The summed E-state index contributed by atoms with van der Waals surface area (Å²) in [7, 11) is 0. The molecule has 0 fully saturated rings. The topological polar surface area (TPSA) is 130 Å². The van der Waals surface area contributed by atoms with Crippen molar-refractivity contribution < 1.29 is 39.2 Å². The Labute approximate surface area is 493 Å². The molecular formula is C52H54Cl2I6O8. The van der Waals surface area contributed by atoms with Crippen molar-refractivity contribution in [1.82, 2.24) is 0 Å². The van der Waals surface area contributed by atoms with Crippen LogP contribution in [-0.4, -0.2) is 44.8 Å². The monoisotopic (exact) mass is 1640 g/mol. The van der Waals surface area contributed by atoms with Crippen LogP contribution in [0.5, 0.6) is 0 Å². The first-order valence-electron chi connectivity index (χ1n) is 20.7. The molecule has 0 bridgehead atoms. The van der Waals surface area contributed by atoms with Gasteiger partial charge in [-0.15, -0.1) is 23.2 Å². The summed E-state index contributed by atoms with van der Waals surface area (Å²) >= 11 is 24.0. The number of aliphatic hydroxyl groups is 3. The van der Waals surface area contributed by atoms with Crippen LogP contribution in [0, 0.1) is 21.4 Å². The van der Waals surface area contributed by atoms with Gasteiger partial charge in [0.25, 0.3) is 0 Å². The number of alkyl halides is 2. The summed E-state index contributed by atoms with van der Waals surface area (Å²) in [5.41, 5.74) is 5.65. The number of hydrogen-bond acceptors (Lipinski definition) is 8. The molecule has 0 aliphatic heterocycles. The number of aliphatic hydroxyl groups excluding tert-OH is 3. The molecular weight excluding hydrogens is 1580 g/mol. The van der Waals surface area contributed by atoms with Gasteiger partial charge >= 0.3 is 11.9 Å². The maximum atomic E-state index is 10.9. The molecule has 0 saturated heterocycles. The lowest BCUT2D eigenvalue weighted by atomic mass is 10.1. The number of rotatable bonds is 10. The smallest absolute Gasteiger partial charge is 0.321 e. The molecule has 6 aromatic carbocycles. The predicted octanol–water partition coefficient (Wildman–Crippen LogP) is 15.8. The molecule has 5 atom stereocenters. The zero-order chi connectivity index (χ0) is 51.3. The fourth-order valence-electron chi connectivity index (χ4n) is 4.97. The highest BCUT2D eigenvalue weighted by Gasteiger charge is 2.11. The number of halogens is 8. The minimum Gasteiger partial charge on any atom is -0.457 e. The van der Waals surface area contributed by atoms with Crippen molar-refractivity contribution >= 4 is 176 Å². The van der Waals surface area contributed by atoms with Gasteiger partial charge in [0.2, 0.25) is 0 Å². The van der Waals surface area contributed by atoms with Crippen LogP contribution < -0.4 is 0 Å². The van der Waals surface area contributed by atoms with Crippen molar-refractivity contribution in [2.24, 2.45) is 0 Å². The minimum atomic E-state index is -0.391. The molecule has 3 N–H and O–H groups in total. The molecule has 0 aliphatic carbocycles. The van der Waals surface area contributed by atoms with E-state index in [2.05, 4.69) is 136 Å². The van der Waals surface area contributed by atoms with Gasteiger partial charge in [0.1, 0.15) is 24.0 Å². The number of hydrogen-bond donors (Lipinski definition) is 3. The molecule has 68 heavy (non-hydrogen) atoms. The van der Waals surface area contributed by atoms with E-state index in [1.807, 2.05) is 159 Å². The van der Waals surface area contributed by atoms with E-state index in [4.69, 9.17) is 48.0 Å². The summed E-state index contributed by atoms with van der Waals surface area (Å²) in [6.45, 7) is 10.5. The van der Waals surface area contributed by atoms with Gasteiger partial charge in [-0.25, -0.2) is 0 Å². The van der Waals surface area contributed by atoms with Crippen LogP contribution in [0.3, 0.4) is 0 Å². The van der Waals surface area contributed by atoms with Crippen LogP contribution >= 0.6 is 159 Å². The third-order valence-corrected chi connectivity index (χ3v) is 13.6. The van der Waals surface area contributed by atoms with Crippen molar-refractivity contribution in [3.63, 3.8) is 0 Å². The highest BCUT2D eigenvalue weighted by Crippen LogP contribution is 2.20. The van der Waals surface area contributed by atoms with Crippen molar-refractivity contribution in [2.75, 3.05) is 11.8 Å². The molecule has 8 nitrogen and oxygen atoms in total. The highest BCUT2D eigenvalue weighted by atomic mass is 127. The zero-order valence-corrected chi connectivity index (χ0v) is 52.5. The Morgan fingerprint density at radius 1 is 0.397 bits per heavy atom. The molecule has 0 aliphatic rings. The summed E-state index contributed by atoms with van der Waals surface area (Å²) in [5.74, 6) is -0.865. The van der Waals surface area contributed by atoms with Gasteiger partial charge in [0, 0.05) is 27.0 Å². The van der Waals surface area contributed by atoms with Gasteiger partial charge < -0.3 is 24.8 Å². The third kappa shape index (κ3) is 29.3. The van der Waals surface area contributed by atoms with Crippen LogP contribution in [0.25, 0.3) is 0 Å². The van der Waals surface area contributed by atoms with Crippen molar-refractivity contribution in [2.45, 2.75) is 72.1 Å². The Morgan fingerprint density at radius 2 is 0.588 bits per heavy atom. The second-order valence-electron chi connectivity index (χ2n) is 14.4. The Balaban J connectivity index is 0.000000411. The van der Waals surface area contributed by atoms with Gasteiger partial charge in [-0.1, -0.05) is 72.8 Å². The SMILES string of the molecule is CC(=O)c1ccc(I)cc1.CC(O)c1ccc(I)cc1.CC(OC(=O)CCl)c1ccc(I)cc1.C[C@@H](O)c1ccc(I)cc1.C[C@H](O)c1ccc(I)cc1.C[C@H](OC(=O)CCl)c1ccc(I)cc1. The van der Waals surface area contributed by atoms with E-state index < -0.39 is 11.9 Å². The fraction of sp³-hybridized carbons (Fsp3) is 0.250. The average molecular weight is 1640 g/mol. The second kappa shape index (κ2) is 36.6. The lowest BCUT2D eigenvalue weighted by molar-refractivity contribution is -0.146. The van der Waals surface area contributed by atoms with Gasteiger partial charge in [-0.05, 0) is 278 Å². The Bertz CT molecular complexity index is 2150. The Kier molecular flexibility index (Phi) is 34.9. The van der Waals surface area contributed by atoms with Gasteiger partial charge in [0.15, 0.2) is 5.78 Å². The minimum absolute atomic E-state index is 0.102. The number of ketones is 1. The second-order valence-corrected chi connectivity index (χ2v) is 22.4. The number of Topliss-reactive ketones (excluding diaryl/α,β-unsaturated/α-hetero) is 1. The summed E-state index contributed by atoms with van der Waals surface area (Å²) in [6, 6.07) is 46.7. The maximum Gasteiger partial charge on any atom is 0.321 e. The molecule has 2 unspecified atom stereocenters. The van der Waals surface area contributed by atoms with Crippen LogP contribution in [0.1, 0.15) is 110 Å². The van der Waals surface area contributed by atoms with Crippen LogP contribution in [0.15, 0.2) is 146 Å². The lowest BCUT2D eigenvalue weighted by Gasteiger charge is -2.12. The molecule has 0 amide bonds. The average Bonchev–Trinajstić information content (AvgIpc) is 3.31. The van der Waals surface area contributed by atoms with E-state index in [0.29, 0.717) is 0 Å². The Morgan fingerprint density at radius 3 is 0.765 bits per heavy atom. The first-order valence-corrected chi connectivity index (χ1v) is 28.2. The molecule has 0 aromatic heterocycles. The van der Waals surface area contributed by atoms with E-state index in [1.54, 1.807) is 27.7 Å². The molecule has 6 aromatic rings. The number of esters is 2. The Hall–Kier alpha value is -1.23. The summed E-state index contributed by atoms with van der Waals surface area (Å²) in [6.07, 6.45) is -1.53. The zero-order valence-electron chi connectivity index (χ0n) is 38.1. The molecule has 0 saturated carbocycles. The van der Waals surface area contributed by atoms with Gasteiger partial charge in [0.05, 0.1) is 18.3 Å². The first kappa shape index (κ1) is 64.8. The number of ether oxygens (including phenoxy) is 2. The van der Waals surface area contributed by atoms with E-state index >= 15 is 0 Å². The van der Waals surface area contributed by atoms with E-state index in [0.717, 1.165) is 44.1 Å². The van der Waals surface area contributed by atoms with Crippen molar-refractivity contribution in [3.8, 4) is 0 Å². The number of carbonyl (C=O) groups excluding carboxylic acids is 3. The molecule has 0 heterocycles. The molecule has 0 spiro atoms. The van der Waals surface area contributed by atoms with Crippen LogP contribution in [0.4, 0.5) is 0 Å². The van der Waals surface area contributed by atoms with Gasteiger partial charge in [-0.2, -0.15) is 0 Å². The summed E-state index contributed by atoms with van der Waals surface area (Å²) in [5, 5.41) is 27.3. The summed E-state index contributed by atoms with van der Waals surface area (Å²) < 4.78 is 17.2. The van der Waals surface area contributed by atoms with Crippen molar-refractivity contribution in [3.05, 3.63) is 200 Å². The highest BCUT2D eigenvalue weighted by molar-refractivity contribution is 14.1. The van der Waals surface area contributed by atoms with Crippen LogP contribution in [-0.2, 0) is 19.1 Å². The largest absolute Gasteiger partial charge is 0.457 e. The molecule has 366 valence electrons. The quantitative estimate of drug-likeness (QED) is 0.0535. The van der Waals surface area contributed by atoms with Crippen molar-refractivity contribution in [1.29, 1.82) is 0 Å². The first-order chi connectivity index (χ1) is 32.1. The van der Waals surface area contributed by atoms with E-state index in [1.165, 1.54) is 10.7 Å². The predicted molar refractivity (Wildman–Crippen MR) is 327 cm³/mol. The normalized spacial score (nSPS) is 12.2. The maximum absolute atomic E-state index is 10.9. The van der Waals surface area contributed by atoms with Crippen LogP contribution in [0.2, 0.25) is 0 Å². The van der Waals surface area contributed by atoms with Gasteiger partial charge in [-0.3, -0.25) is 14.4 Å². The van der Waals surface area contributed by atoms with E-state index in [9.17, 15) is 14.4 Å². The fourth-order valence-corrected chi connectivity index (χ4v) is 7.25. The number of benzene rings is 6. The third-order valence-electron chi connectivity index (χ3n) is 8.82. The standard InChI is InChI=1S/2C10H10ClIO2.3C8H9IO.C8H7IO/c2*1-7(14-10(13)6-11)8-2-4-9(12)5-3-8;4*1-6(10)7-2-4-8(9)5-3-7/h2*2-5,7H,6H2,1H3;3*2-6,10H,1H3;2-5H,1H3/t7-;;2*6-;;/m0.10../s1. The number of carbonyl (C=O) groups is 3.